The second kappa shape index (κ2) is 7.20. The molecule has 0 bridgehead atoms. The zero-order chi connectivity index (χ0) is 17.9. The summed E-state index contributed by atoms with van der Waals surface area (Å²) in [6.45, 7) is 0.992. The fourth-order valence-electron chi connectivity index (χ4n) is 3.32. The van der Waals surface area contributed by atoms with E-state index in [1.807, 2.05) is 59.5 Å². The SMILES string of the molecule is O=C(NCc1cccc(Oc2ccccc2)c1)C1CC(=O)N(C2CC2)C1. The van der Waals surface area contributed by atoms with E-state index in [1.165, 1.54) is 0 Å². The number of carbonyl (C=O) groups is 2. The third-order valence-electron chi connectivity index (χ3n) is 4.86. The van der Waals surface area contributed by atoms with Crippen molar-refractivity contribution in [3.8, 4) is 11.5 Å². The van der Waals surface area contributed by atoms with E-state index in [-0.39, 0.29) is 17.7 Å². The van der Waals surface area contributed by atoms with Gasteiger partial charge < -0.3 is 15.0 Å². The number of hydrogen-bond donors (Lipinski definition) is 1. The molecule has 0 radical (unpaired) electrons. The summed E-state index contributed by atoms with van der Waals surface area (Å²) in [4.78, 5) is 26.3. The minimum absolute atomic E-state index is 0.0455. The number of para-hydroxylation sites is 1. The van der Waals surface area contributed by atoms with Crippen molar-refractivity contribution in [2.75, 3.05) is 6.54 Å². The number of nitrogens with zero attached hydrogens (tertiary/aromatic N) is 1. The lowest BCUT2D eigenvalue weighted by Gasteiger charge is -2.15. The predicted molar refractivity (Wildman–Crippen MR) is 97.6 cm³/mol. The van der Waals surface area contributed by atoms with E-state index in [9.17, 15) is 9.59 Å². The Bertz CT molecular complexity index is 802. The Balaban J connectivity index is 1.32. The summed E-state index contributed by atoms with van der Waals surface area (Å²) < 4.78 is 5.82. The topological polar surface area (TPSA) is 58.6 Å². The molecular formula is C21H22N2O3. The largest absolute Gasteiger partial charge is 0.457 e. The summed E-state index contributed by atoms with van der Waals surface area (Å²) in [5, 5.41) is 2.96. The Hall–Kier alpha value is -2.82. The monoisotopic (exact) mass is 350 g/mol. The van der Waals surface area contributed by atoms with Crippen LogP contribution in [-0.2, 0) is 16.1 Å². The Morgan fingerprint density at radius 1 is 1.08 bits per heavy atom. The van der Waals surface area contributed by atoms with Gasteiger partial charge in [0.1, 0.15) is 11.5 Å². The molecule has 1 atom stereocenters. The van der Waals surface area contributed by atoms with E-state index in [1.54, 1.807) is 0 Å². The maximum Gasteiger partial charge on any atom is 0.225 e. The quantitative estimate of drug-likeness (QED) is 0.871. The first-order valence-corrected chi connectivity index (χ1v) is 9.08. The molecule has 5 nitrogen and oxygen atoms in total. The van der Waals surface area contributed by atoms with E-state index in [0.29, 0.717) is 25.6 Å². The maximum absolute atomic E-state index is 12.4. The maximum atomic E-state index is 12.4. The second-order valence-corrected chi connectivity index (χ2v) is 6.96. The minimum atomic E-state index is -0.230. The molecule has 1 saturated heterocycles. The summed E-state index contributed by atoms with van der Waals surface area (Å²) in [7, 11) is 0. The lowest BCUT2D eigenvalue weighted by atomic mass is 10.1. The van der Waals surface area contributed by atoms with Gasteiger partial charge in [-0.15, -0.1) is 0 Å². The molecule has 0 spiro atoms. The Labute approximate surface area is 153 Å². The van der Waals surface area contributed by atoms with Crippen LogP contribution in [0, 0.1) is 5.92 Å². The highest BCUT2D eigenvalue weighted by Gasteiger charge is 2.41. The number of likely N-dealkylation sites (tertiary alicyclic amines) is 1. The molecule has 134 valence electrons. The smallest absolute Gasteiger partial charge is 0.225 e. The summed E-state index contributed by atoms with van der Waals surface area (Å²) >= 11 is 0. The zero-order valence-corrected chi connectivity index (χ0v) is 14.6. The van der Waals surface area contributed by atoms with Crippen molar-refractivity contribution >= 4 is 11.8 Å². The number of benzene rings is 2. The fourth-order valence-corrected chi connectivity index (χ4v) is 3.32. The van der Waals surface area contributed by atoms with Gasteiger partial charge in [0.05, 0.1) is 5.92 Å². The van der Waals surface area contributed by atoms with Crippen molar-refractivity contribution in [3.05, 3.63) is 60.2 Å². The van der Waals surface area contributed by atoms with Crippen LogP contribution in [0.15, 0.2) is 54.6 Å². The average Bonchev–Trinajstić information content (AvgIpc) is 3.42. The normalized spacial score (nSPS) is 19.5. The first-order valence-electron chi connectivity index (χ1n) is 9.08. The van der Waals surface area contributed by atoms with Crippen molar-refractivity contribution in [2.45, 2.75) is 31.8 Å². The van der Waals surface area contributed by atoms with Gasteiger partial charge in [0, 0.05) is 25.6 Å². The molecule has 1 aliphatic carbocycles. The molecule has 4 rings (SSSR count). The van der Waals surface area contributed by atoms with Gasteiger partial charge in [-0.1, -0.05) is 30.3 Å². The molecular weight excluding hydrogens is 328 g/mol. The van der Waals surface area contributed by atoms with Crippen molar-refractivity contribution in [3.63, 3.8) is 0 Å². The van der Waals surface area contributed by atoms with Crippen LogP contribution < -0.4 is 10.1 Å². The molecule has 1 N–H and O–H groups in total. The molecule has 2 amide bonds. The van der Waals surface area contributed by atoms with Crippen molar-refractivity contribution in [1.82, 2.24) is 10.2 Å². The third-order valence-corrected chi connectivity index (χ3v) is 4.86. The van der Waals surface area contributed by atoms with Gasteiger partial charge in [0.2, 0.25) is 11.8 Å². The molecule has 0 aromatic heterocycles. The van der Waals surface area contributed by atoms with Crippen LogP contribution in [0.5, 0.6) is 11.5 Å². The van der Waals surface area contributed by atoms with Crippen LogP contribution in [0.25, 0.3) is 0 Å². The minimum Gasteiger partial charge on any atom is -0.457 e. The van der Waals surface area contributed by atoms with Gasteiger partial charge in [-0.05, 0) is 42.7 Å². The molecule has 2 fully saturated rings. The number of hydrogen-bond acceptors (Lipinski definition) is 3. The molecule has 2 aromatic carbocycles. The van der Waals surface area contributed by atoms with E-state index in [2.05, 4.69) is 5.32 Å². The van der Waals surface area contributed by atoms with Crippen LogP contribution in [0.2, 0.25) is 0 Å². The van der Waals surface area contributed by atoms with Crippen LogP contribution >= 0.6 is 0 Å². The molecule has 1 heterocycles. The number of rotatable bonds is 6. The van der Waals surface area contributed by atoms with E-state index in [4.69, 9.17) is 4.74 Å². The van der Waals surface area contributed by atoms with E-state index >= 15 is 0 Å². The summed E-state index contributed by atoms with van der Waals surface area (Å²) in [5.41, 5.74) is 0.968. The summed E-state index contributed by atoms with van der Waals surface area (Å²) in [6.07, 6.45) is 2.49. The molecule has 1 aliphatic heterocycles. The summed E-state index contributed by atoms with van der Waals surface area (Å²) in [5.74, 6) is 1.35. The lowest BCUT2D eigenvalue weighted by molar-refractivity contribution is -0.129. The van der Waals surface area contributed by atoms with Crippen LogP contribution in [0.1, 0.15) is 24.8 Å². The Kier molecular flexibility index (Phi) is 4.61. The first-order chi connectivity index (χ1) is 12.7. The highest BCUT2D eigenvalue weighted by Crippen LogP contribution is 2.32. The van der Waals surface area contributed by atoms with Gasteiger partial charge in [0.25, 0.3) is 0 Å². The number of nitrogens with one attached hydrogen (secondary N) is 1. The molecule has 1 saturated carbocycles. The fraction of sp³-hybridized carbons (Fsp3) is 0.333. The van der Waals surface area contributed by atoms with Gasteiger partial charge in [-0.2, -0.15) is 0 Å². The average molecular weight is 350 g/mol. The lowest BCUT2D eigenvalue weighted by Crippen LogP contribution is -2.33. The zero-order valence-electron chi connectivity index (χ0n) is 14.6. The number of carbonyl (C=O) groups excluding carboxylic acids is 2. The Morgan fingerprint density at radius 3 is 2.62 bits per heavy atom. The van der Waals surface area contributed by atoms with E-state index in [0.717, 1.165) is 29.9 Å². The summed E-state index contributed by atoms with van der Waals surface area (Å²) in [6, 6.07) is 17.6. The molecule has 5 heteroatoms. The standard InChI is InChI=1S/C21H22N2O3/c24-20-12-16(14-23(20)17-9-10-17)21(25)22-13-15-5-4-8-19(11-15)26-18-6-2-1-3-7-18/h1-8,11,16-17H,9-10,12-14H2,(H,22,25). The van der Waals surface area contributed by atoms with Crippen LogP contribution in [0.3, 0.4) is 0 Å². The van der Waals surface area contributed by atoms with Gasteiger partial charge >= 0.3 is 0 Å². The molecule has 2 aliphatic rings. The van der Waals surface area contributed by atoms with Crippen molar-refractivity contribution in [1.29, 1.82) is 0 Å². The molecule has 1 unspecified atom stereocenters. The van der Waals surface area contributed by atoms with Gasteiger partial charge in [-0.3, -0.25) is 9.59 Å². The van der Waals surface area contributed by atoms with Crippen molar-refractivity contribution in [2.24, 2.45) is 5.92 Å². The second-order valence-electron chi connectivity index (χ2n) is 6.96. The van der Waals surface area contributed by atoms with E-state index < -0.39 is 0 Å². The van der Waals surface area contributed by atoms with Gasteiger partial charge in [-0.25, -0.2) is 0 Å². The predicted octanol–water partition coefficient (Wildman–Crippen LogP) is 3.11. The molecule has 26 heavy (non-hydrogen) atoms. The van der Waals surface area contributed by atoms with Crippen LogP contribution in [0.4, 0.5) is 0 Å². The number of ether oxygens (including phenoxy) is 1. The van der Waals surface area contributed by atoms with Crippen molar-refractivity contribution < 1.29 is 14.3 Å². The van der Waals surface area contributed by atoms with Gasteiger partial charge in [0.15, 0.2) is 0 Å². The number of amides is 2. The third kappa shape index (κ3) is 3.87. The highest BCUT2D eigenvalue weighted by atomic mass is 16.5. The highest BCUT2D eigenvalue weighted by molar-refractivity contribution is 5.89. The van der Waals surface area contributed by atoms with Crippen LogP contribution in [-0.4, -0.2) is 29.3 Å². The molecule has 2 aromatic rings. The first kappa shape index (κ1) is 16.6. The Morgan fingerprint density at radius 2 is 1.85 bits per heavy atom.